The van der Waals surface area contributed by atoms with Crippen LogP contribution in [0.3, 0.4) is 0 Å². The van der Waals surface area contributed by atoms with Crippen molar-refractivity contribution in [1.82, 2.24) is 0 Å². The molecule has 0 amide bonds. The molecule has 110 valence electrons. The summed E-state index contributed by atoms with van der Waals surface area (Å²) < 4.78 is 24.5. The standard InChI is InChI=1S/C15H13BrFNO3/c1-20-13-4-2-3-9(14(13)17)8-21-15(19)10-5-11(16)7-12(18)6-10/h2-7H,8,18H2,1H3. The van der Waals surface area contributed by atoms with Crippen LogP contribution in [0.2, 0.25) is 0 Å². The van der Waals surface area contributed by atoms with Crippen molar-refractivity contribution in [3.8, 4) is 5.75 Å². The summed E-state index contributed by atoms with van der Waals surface area (Å²) in [7, 11) is 1.37. The number of carbonyl (C=O) groups is 1. The predicted molar refractivity (Wildman–Crippen MR) is 80.6 cm³/mol. The Balaban J connectivity index is 2.11. The minimum Gasteiger partial charge on any atom is -0.494 e. The van der Waals surface area contributed by atoms with Crippen molar-refractivity contribution in [1.29, 1.82) is 0 Å². The Morgan fingerprint density at radius 1 is 1.33 bits per heavy atom. The molecule has 0 bridgehead atoms. The van der Waals surface area contributed by atoms with E-state index in [4.69, 9.17) is 15.2 Å². The van der Waals surface area contributed by atoms with Gasteiger partial charge in [-0.2, -0.15) is 0 Å². The second-order valence-corrected chi connectivity index (χ2v) is 5.20. The third-order valence-electron chi connectivity index (χ3n) is 2.78. The minimum atomic E-state index is -0.579. The van der Waals surface area contributed by atoms with Crippen LogP contribution in [-0.2, 0) is 11.3 Å². The van der Waals surface area contributed by atoms with Gasteiger partial charge in [-0.1, -0.05) is 28.1 Å². The molecular formula is C15H13BrFNO3. The maximum atomic E-state index is 13.9. The van der Waals surface area contributed by atoms with Crippen LogP contribution in [0.5, 0.6) is 5.75 Å². The highest BCUT2D eigenvalue weighted by Gasteiger charge is 2.13. The summed E-state index contributed by atoms with van der Waals surface area (Å²) in [5.74, 6) is -1.01. The molecule has 0 saturated carbocycles. The number of hydrogen-bond donors (Lipinski definition) is 1. The first-order valence-corrected chi connectivity index (χ1v) is 6.85. The molecule has 0 aliphatic carbocycles. The lowest BCUT2D eigenvalue weighted by molar-refractivity contribution is 0.0468. The average molecular weight is 354 g/mol. The van der Waals surface area contributed by atoms with E-state index in [9.17, 15) is 9.18 Å². The van der Waals surface area contributed by atoms with Crippen LogP contribution in [0.15, 0.2) is 40.9 Å². The lowest BCUT2D eigenvalue weighted by Gasteiger charge is -2.09. The largest absolute Gasteiger partial charge is 0.494 e. The van der Waals surface area contributed by atoms with Gasteiger partial charge in [0, 0.05) is 15.7 Å². The van der Waals surface area contributed by atoms with Gasteiger partial charge in [0.25, 0.3) is 0 Å². The fourth-order valence-corrected chi connectivity index (χ4v) is 2.29. The van der Waals surface area contributed by atoms with E-state index in [0.717, 1.165) is 0 Å². The first-order valence-electron chi connectivity index (χ1n) is 6.06. The molecule has 0 aliphatic heterocycles. The van der Waals surface area contributed by atoms with E-state index in [1.807, 2.05) is 0 Å². The molecule has 4 nitrogen and oxygen atoms in total. The van der Waals surface area contributed by atoms with Gasteiger partial charge in [0.2, 0.25) is 0 Å². The zero-order chi connectivity index (χ0) is 15.4. The van der Waals surface area contributed by atoms with E-state index in [1.54, 1.807) is 18.2 Å². The van der Waals surface area contributed by atoms with Crippen LogP contribution in [0, 0.1) is 5.82 Å². The molecule has 2 rings (SSSR count). The Morgan fingerprint density at radius 2 is 2.10 bits per heavy atom. The monoisotopic (exact) mass is 353 g/mol. The Hall–Kier alpha value is -2.08. The zero-order valence-electron chi connectivity index (χ0n) is 11.2. The van der Waals surface area contributed by atoms with E-state index in [-0.39, 0.29) is 17.9 Å². The van der Waals surface area contributed by atoms with Gasteiger partial charge in [-0.25, -0.2) is 9.18 Å². The van der Waals surface area contributed by atoms with Gasteiger partial charge in [-0.15, -0.1) is 0 Å². The molecule has 21 heavy (non-hydrogen) atoms. The number of nitrogen functional groups attached to an aromatic ring is 1. The molecule has 0 fully saturated rings. The molecule has 0 aromatic heterocycles. The Morgan fingerprint density at radius 3 is 2.76 bits per heavy atom. The molecule has 6 heteroatoms. The molecular weight excluding hydrogens is 341 g/mol. The number of esters is 1. The van der Waals surface area contributed by atoms with Crippen LogP contribution in [-0.4, -0.2) is 13.1 Å². The first kappa shape index (κ1) is 15.3. The second kappa shape index (κ2) is 6.58. The maximum Gasteiger partial charge on any atom is 0.338 e. The normalized spacial score (nSPS) is 10.2. The van der Waals surface area contributed by atoms with Crippen molar-refractivity contribution >= 4 is 27.6 Å². The van der Waals surface area contributed by atoms with Gasteiger partial charge < -0.3 is 15.2 Å². The third-order valence-corrected chi connectivity index (χ3v) is 3.24. The average Bonchev–Trinajstić information content (AvgIpc) is 2.45. The number of methoxy groups -OCH3 is 1. The van der Waals surface area contributed by atoms with Crippen molar-refractivity contribution in [2.45, 2.75) is 6.61 Å². The van der Waals surface area contributed by atoms with Crippen LogP contribution in [0.4, 0.5) is 10.1 Å². The van der Waals surface area contributed by atoms with Crippen LogP contribution < -0.4 is 10.5 Å². The summed E-state index contributed by atoms with van der Waals surface area (Å²) in [6.07, 6.45) is 0. The van der Waals surface area contributed by atoms with Crippen molar-refractivity contribution in [3.63, 3.8) is 0 Å². The van der Waals surface area contributed by atoms with E-state index in [1.165, 1.54) is 25.3 Å². The molecule has 2 aromatic rings. The SMILES string of the molecule is COc1cccc(COC(=O)c2cc(N)cc(Br)c2)c1F. The fourth-order valence-electron chi connectivity index (χ4n) is 1.78. The van der Waals surface area contributed by atoms with Gasteiger partial charge in [-0.05, 0) is 24.3 Å². The maximum absolute atomic E-state index is 13.9. The molecule has 2 N–H and O–H groups in total. The predicted octanol–water partition coefficient (Wildman–Crippen LogP) is 3.54. The van der Waals surface area contributed by atoms with Gasteiger partial charge in [0.15, 0.2) is 11.6 Å². The van der Waals surface area contributed by atoms with Crippen molar-refractivity contribution in [2.24, 2.45) is 0 Å². The summed E-state index contributed by atoms with van der Waals surface area (Å²) >= 11 is 3.24. The molecule has 0 aliphatic rings. The van der Waals surface area contributed by atoms with E-state index >= 15 is 0 Å². The number of ether oxygens (including phenoxy) is 2. The number of carbonyl (C=O) groups excluding carboxylic acids is 1. The number of hydrogen-bond acceptors (Lipinski definition) is 4. The van der Waals surface area contributed by atoms with Crippen LogP contribution in [0.25, 0.3) is 0 Å². The Labute approximate surface area is 129 Å². The van der Waals surface area contributed by atoms with E-state index in [2.05, 4.69) is 15.9 Å². The summed E-state index contributed by atoms with van der Waals surface area (Å²) in [6.45, 7) is -0.186. The van der Waals surface area contributed by atoms with Crippen molar-refractivity contribution in [2.75, 3.05) is 12.8 Å². The van der Waals surface area contributed by atoms with Gasteiger partial charge in [0.1, 0.15) is 6.61 Å². The molecule has 0 unspecified atom stereocenters. The molecule has 0 spiro atoms. The second-order valence-electron chi connectivity index (χ2n) is 4.28. The highest BCUT2D eigenvalue weighted by atomic mass is 79.9. The van der Waals surface area contributed by atoms with Crippen molar-refractivity contribution < 1.29 is 18.7 Å². The van der Waals surface area contributed by atoms with E-state index < -0.39 is 11.8 Å². The summed E-state index contributed by atoms with van der Waals surface area (Å²) in [5.41, 5.74) is 6.62. The summed E-state index contributed by atoms with van der Waals surface area (Å²) in [4.78, 5) is 11.9. The van der Waals surface area contributed by atoms with Crippen LogP contribution in [0.1, 0.15) is 15.9 Å². The lowest BCUT2D eigenvalue weighted by Crippen LogP contribution is -2.07. The summed E-state index contributed by atoms with van der Waals surface area (Å²) in [5, 5.41) is 0. The zero-order valence-corrected chi connectivity index (χ0v) is 12.8. The fraction of sp³-hybridized carbons (Fsp3) is 0.133. The first-order chi connectivity index (χ1) is 10.0. The Kier molecular flexibility index (Phi) is 4.80. The molecule has 2 aromatic carbocycles. The number of anilines is 1. The number of nitrogens with two attached hydrogens (primary N) is 1. The smallest absolute Gasteiger partial charge is 0.338 e. The molecule has 0 saturated heterocycles. The number of benzene rings is 2. The highest BCUT2D eigenvalue weighted by Crippen LogP contribution is 2.22. The van der Waals surface area contributed by atoms with Gasteiger partial charge >= 0.3 is 5.97 Å². The minimum absolute atomic E-state index is 0.107. The Bertz CT molecular complexity index is 656. The van der Waals surface area contributed by atoms with Gasteiger partial charge in [-0.3, -0.25) is 0 Å². The lowest BCUT2D eigenvalue weighted by atomic mass is 10.2. The summed E-state index contributed by atoms with van der Waals surface area (Å²) in [6, 6.07) is 9.40. The van der Waals surface area contributed by atoms with E-state index in [0.29, 0.717) is 15.7 Å². The number of rotatable bonds is 4. The quantitative estimate of drug-likeness (QED) is 0.674. The third kappa shape index (κ3) is 3.72. The molecule has 0 heterocycles. The highest BCUT2D eigenvalue weighted by molar-refractivity contribution is 9.10. The van der Waals surface area contributed by atoms with Gasteiger partial charge in [0.05, 0.1) is 12.7 Å². The number of halogens is 2. The van der Waals surface area contributed by atoms with Crippen molar-refractivity contribution in [3.05, 3.63) is 57.8 Å². The topological polar surface area (TPSA) is 61.5 Å². The molecule has 0 atom stereocenters. The van der Waals surface area contributed by atoms with Crippen LogP contribution >= 0.6 is 15.9 Å². The molecule has 0 radical (unpaired) electrons.